The van der Waals surface area contributed by atoms with E-state index in [1.54, 1.807) is 0 Å². The van der Waals surface area contributed by atoms with Crippen LogP contribution in [0.25, 0.3) is 0 Å². The van der Waals surface area contributed by atoms with E-state index in [0.29, 0.717) is 6.04 Å². The first kappa shape index (κ1) is 4.85. The molecule has 0 spiro atoms. The van der Waals surface area contributed by atoms with Crippen LogP contribution in [-0.2, 0) is 0 Å². The van der Waals surface area contributed by atoms with Gasteiger partial charge in [-0.3, -0.25) is 0 Å². The molecule has 0 aromatic carbocycles. The summed E-state index contributed by atoms with van der Waals surface area (Å²) in [4.78, 5) is 0. The van der Waals surface area contributed by atoms with E-state index in [1.807, 2.05) is 6.08 Å². The van der Waals surface area contributed by atoms with Crippen molar-refractivity contribution < 1.29 is 0 Å². The third kappa shape index (κ3) is 0.829. The lowest BCUT2D eigenvalue weighted by molar-refractivity contribution is 0.883. The van der Waals surface area contributed by atoms with E-state index >= 15 is 0 Å². The van der Waals surface area contributed by atoms with Gasteiger partial charge in [0.2, 0.25) is 0 Å². The minimum Gasteiger partial charge on any atom is -0.304 e. The van der Waals surface area contributed by atoms with Crippen molar-refractivity contribution in [3.63, 3.8) is 0 Å². The molecular formula is C6H11N. The van der Waals surface area contributed by atoms with Gasteiger partial charge in [0.15, 0.2) is 0 Å². The fraction of sp³-hybridized carbons (Fsp3) is 0.667. The SMILES string of the molecule is C=C[C@@H]1N[C@H]1CC. The minimum absolute atomic E-state index is 0.630. The molecule has 1 fully saturated rings. The second kappa shape index (κ2) is 1.66. The lowest BCUT2D eigenvalue weighted by Crippen LogP contribution is -1.84. The van der Waals surface area contributed by atoms with Gasteiger partial charge in [0.1, 0.15) is 0 Å². The highest BCUT2D eigenvalue weighted by molar-refractivity contribution is 5.07. The van der Waals surface area contributed by atoms with Crippen molar-refractivity contribution in [1.82, 2.24) is 5.32 Å². The summed E-state index contributed by atoms with van der Waals surface area (Å²) in [5.74, 6) is 0. The summed E-state index contributed by atoms with van der Waals surface area (Å²) < 4.78 is 0. The molecule has 2 atom stereocenters. The Morgan fingerprint density at radius 1 is 1.86 bits per heavy atom. The molecule has 1 heterocycles. The quantitative estimate of drug-likeness (QED) is 0.401. The number of rotatable bonds is 2. The van der Waals surface area contributed by atoms with E-state index in [9.17, 15) is 0 Å². The minimum atomic E-state index is 0.630. The van der Waals surface area contributed by atoms with E-state index in [4.69, 9.17) is 0 Å². The van der Waals surface area contributed by atoms with Crippen molar-refractivity contribution in [2.45, 2.75) is 25.4 Å². The standard InChI is InChI=1S/C6H11N/c1-3-5-6(4-2)7-5/h3,5-7H,1,4H2,2H3/t5-,6-/m0/s1. The first-order chi connectivity index (χ1) is 3.38. The van der Waals surface area contributed by atoms with Crippen LogP contribution in [0.5, 0.6) is 0 Å². The third-order valence-electron chi connectivity index (χ3n) is 1.42. The fourth-order valence-electron chi connectivity index (χ4n) is 0.796. The zero-order valence-corrected chi connectivity index (χ0v) is 4.65. The molecule has 1 nitrogen and oxygen atoms in total. The Balaban J connectivity index is 2.17. The fourth-order valence-corrected chi connectivity index (χ4v) is 0.796. The van der Waals surface area contributed by atoms with Crippen LogP contribution in [0.3, 0.4) is 0 Å². The molecular weight excluding hydrogens is 86.1 g/mol. The van der Waals surface area contributed by atoms with Crippen molar-refractivity contribution in [2.24, 2.45) is 0 Å². The Morgan fingerprint density at radius 2 is 2.57 bits per heavy atom. The zero-order chi connectivity index (χ0) is 5.28. The van der Waals surface area contributed by atoms with Crippen molar-refractivity contribution >= 4 is 0 Å². The summed E-state index contributed by atoms with van der Waals surface area (Å²) in [7, 11) is 0. The smallest absolute Gasteiger partial charge is 0.0405 e. The van der Waals surface area contributed by atoms with Crippen LogP contribution >= 0.6 is 0 Å². The summed E-state index contributed by atoms with van der Waals surface area (Å²) in [5.41, 5.74) is 0. The predicted octanol–water partition coefficient (Wildman–Crippen LogP) is 0.923. The average Bonchev–Trinajstić information content (AvgIpc) is 2.43. The lowest BCUT2D eigenvalue weighted by atomic mass is 10.3. The highest BCUT2D eigenvalue weighted by Gasteiger charge is 2.30. The highest BCUT2D eigenvalue weighted by Crippen LogP contribution is 2.13. The van der Waals surface area contributed by atoms with E-state index in [0.717, 1.165) is 6.04 Å². The Kier molecular flexibility index (Phi) is 1.15. The van der Waals surface area contributed by atoms with E-state index < -0.39 is 0 Å². The van der Waals surface area contributed by atoms with Crippen molar-refractivity contribution in [2.75, 3.05) is 0 Å². The van der Waals surface area contributed by atoms with Crippen LogP contribution in [0.15, 0.2) is 12.7 Å². The maximum absolute atomic E-state index is 3.66. The molecule has 0 amide bonds. The van der Waals surface area contributed by atoms with Gasteiger partial charge in [-0.15, -0.1) is 6.58 Å². The van der Waals surface area contributed by atoms with Gasteiger partial charge in [-0.2, -0.15) is 0 Å². The third-order valence-corrected chi connectivity index (χ3v) is 1.42. The molecule has 0 unspecified atom stereocenters. The largest absolute Gasteiger partial charge is 0.304 e. The van der Waals surface area contributed by atoms with Crippen molar-refractivity contribution in [3.8, 4) is 0 Å². The molecule has 0 aromatic rings. The van der Waals surface area contributed by atoms with Gasteiger partial charge >= 0.3 is 0 Å². The second-order valence-electron chi connectivity index (χ2n) is 1.94. The Morgan fingerprint density at radius 3 is 2.71 bits per heavy atom. The molecule has 1 saturated heterocycles. The maximum Gasteiger partial charge on any atom is 0.0405 e. The maximum atomic E-state index is 3.66. The van der Waals surface area contributed by atoms with Crippen LogP contribution in [0.1, 0.15) is 13.3 Å². The predicted molar refractivity (Wildman–Crippen MR) is 31.2 cm³/mol. The Labute approximate surface area is 44.4 Å². The molecule has 1 aliphatic heterocycles. The normalized spacial score (nSPS) is 37.9. The van der Waals surface area contributed by atoms with E-state index in [1.165, 1.54) is 6.42 Å². The molecule has 0 aliphatic carbocycles. The van der Waals surface area contributed by atoms with Gasteiger partial charge in [0, 0.05) is 12.1 Å². The topological polar surface area (TPSA) is 21.9 Å². The first-order valence-electron chi connectivity index (χ1n) is 2.77. The molecule has 1 heteroatoms. The van der Waals surface area contributed by atoms with Crippen molar-refractivity contribution in [3.05, 3.63) is 12.7 Å². The van der Waals surface area contributed by atoms with Gasteiger partial charge < -0.3 is 5.32 Å². The zero-order valence-electron chi connectivity index (χ0n) is 4.65. The molecule has 1 rings (SSSR count). The highest BCUT2D eigenvalue weighted by atomic mass is 15.1. The summed E-state index contributed by atoms with van der Waals surface area (Å²) in [6, 6.07) is 1.38. The summed E-state index contributed by atoms with van der Waals surface area (Å²) in [5, 5.41) is 3.25. The van der Waals surface area contributed by atoms with Crippen LogP contribution in [0, 0.1) is 0 Å². The lowest BCUT2D eigenvalue weighted by Gasteiger charge is -1.77. The Bertz CT molecular complexity index is 78.2. The van der Waals surface area contributed by atoms with Gasteiger partial charge in [-0.1, -0.05) is 13.0 Å². The summed E-state index contributed by atoms with van der Waals surface area (Å²) in [6.07, 6.45) is 3.20. The van der Waals surface area contributed by atoms with Crippen molar-refractivity contribution in [1.29, 1.82) is 0 Å². The number of nitrogens with one attached hydrogen (secondary N) is 1. The summed E-state index contributed by atoms with van der Waals surface area (Å²) >= 11 is 0. The van der Waals surface area contributed by atoms with Crippen LogP contribution in [0.2, 0.25) is 0 Å². The average molecular weight is 97.2 g/mol. The molecule has 0 bridgehead atoms. The molecule has 0 radical (unpaired) electrons. The number of hydrogen-bond acceptors (Lipinski definition) is 1. The van der Waals surface area contributed by atoms with Gasteiger partial charge in [-0.25, -0.2) is 0 Å². The Hall–Kier alpha value is -0.300. The van der Waals surface area contributed by atoms with Crippen LogP contribution in [-0.4, -0.2) is 12.1 Å². The number of hydrogen-bond donors (Lipinski definition) is 1. The van der Waals surface area contributed by atoms with Gasteiger partial charge in [0.05, 0.1) is 0 Å². The van der Waals surface area contributed by atoms with Gasteiger partial charge in [0.25, 0.3) is 0 Å². The van der Waals surface area contributed by atoms with Gasteiger partial charge in [-0.05, 0) is 6.42 Å². The molecule has 0 saturated carbocycles. The molecule has 1 N–H and O–H groups in total. The molecule has 1 aliphatic rings. The molecule has 0 aromatic heterocycles. The van der Waals surface area contributed by atoms with Crippen LogP contribution in [0.4, 0.5) is 0 Å². The molecule has 7 heavy (non-hydrogen) atoms. The first-order valence-corrected chi connectivity index (χ1v) is 2.77. The van der Waals surface area contributed by atoms with E-state index in [2.05, 4.69) is 18.8 Å². The van der Waals surface area contributed by atoms with Crippen LogP contribution < -0.4 is 5.32 Å². The van der Waals surface area contributed by atoms with E-state index in [-0.39, 0.29) is 0 Å². The molecule has 40 valence electrons. The monoisotopic (exact) mass is 97.1 g/mol. The summed E-state index contributed by atoms with van der Waals surface area (Å²) in [6.45, 7) is 5.84. The second-order valence-corrected chi connectivity index (χ2v) is 1.94.